The van der Waals surface area contributed by atoms with E-state index in [-0.39, 0.29) is 11.7 Å². The molecule has 0 atom stereocenters. The summed E-state index contributed by atoms with van der Waals surface area (Å²) < 4.78 is 0. The second kappa shape index (κ2) is 7.29. The van der Waals surface area contributed by atoms with Gasteiger partial charge in [0.15, 0.2) is 5.78 Å². The van der Waals surface area contributed by atoms with Gasteiger partial charge < -0.3 is 11.5 Å². The fourth-order valence-corrected chi connectivity index (χ4v) is 2.10. The summed E-state index contributed by atoms with van der Waals surface area (Å²) in [7, 11) is 0. The van der Waals surface area contributed by atoms with Crippen molar-refractivity contribution in [2.45, 2.75) is 39.7 Å². The number of ketones is 1. The predicted octanol–water partition coefficient (Wildman–Crippen LogP) is 2.27. The number of benzene rings is 1. The molecule has 0 unspecified atom stereocenters. The highest BCUT2D eigenvalue weighted by molar-refractivity contribution is 6.00. The van der Waals surface area contributed by atoms with Gasteiger partial charge in [0.1, 0.15) is 0 Å². The first-order valence-electron chi connectivity index (χ1n) is 6.67. The van der Waals surface area contributed by atoms with Crippen LogP contribution in [0.25, 0.3) is 0 Å². The Bertz CT molecular complexity index is 399. The number of Topliss-reactive ketones (excluding diaryl/α,β-unsaturated/α-hetero) is 1. The van der Waals surface area contributed by atoms with Gasteiger partial charge in [0.2, 0.25) is 0 Å². The molecule has 3 heteroatoms. The third kappa shape index (κ3) is 3.65. The minimum absolute atomic E-state index is 0.00552. The Morgan fingerprint density at radius 3 is 2.39 bits per heavy atom. The van der Waals surface area contributed by atoms with Crippen molar-refractivity contribution in [2.75, 3.05) is 6.54 Å². The lowest BCUT2D eigenvalue weighted by Gasteiger charge is -2.14. The molecular formula is C15H24N2O. The van der Waals surface area contributed by atoms with Gasteiger partial charge in [-0.05, 0) is 36.9 Å². The van der Waals surface area contributed by atoms with Crippen molar-refractivity contribution >= 4 is 5.78 Å². The van der Waals surface area contributed by atoms with Crippen molar-refractivity contribution in [1.29, 1.82) is 0 Å². The minimum Gasteiger partial charge on any atom is -0.330 e. The second-order valence-electron chi connectivity index (χ2n) is 4.92. The highest BCUT2D eigenvalue weighted by Gasteiger charge is 2.17. The van der Waals surface area contributed by atoms with Gasteiger partial charge in [0.05, 0.1) is 0 Å². The lowest BCUT2D eigenvalue weighted by atomic mass is 9.90. The third-order valence-corrected chi connectivity index (χ3v) is 3.13. The molecule has 0 bridgehead atoms. The lowest BCUT2D eigenvalue weighted by molar-refractivity contribution is 0.0937. The Labute approximate surface area is 110 Å². The molecule has 100 valence electrons. The number of rotatable bonds is 7. The Kier molecular flexibility index (Phi) is 6.02. The van der Waals surface area contributed by atoms with Crippen molar-refractivity contribution in [3.05, 3.63) is 34.9 Å². The minimum atomic E-state index is 0.00552. The van der Waals surface area contributed by atoms with Crippen LogP contribution in [-0.4, -0.2) is 12.3 Å². The van der Waals surface area contributed by atoms with E-state index in [1.54, 1.807) is 0 Å². The molecule has 1 aromatic rings. The van der Waals surface area contributed by atoms with Crippen molar-refractivity contribution in [1.82, 2.24) is 0 Å². The monoisotopic (exact) mass is 248 g/mol. The van der Waals surface area contributed by atoms with Gasteiger partial charge in [-0.25, -0.2) is 0 Å². The molecular weight excluding hydrogens is 224 g/mol. The number of nitrogens with two attached hydrogens (primary N) is 2. The molecule has 0 fully saturated rings. The summed E-state index contributed by atoms with van der Waals surface area (Å²) in [5.74, 6) is 0.199. The molecule has 0 aliphatic carbocycles. The van der Waals surface area contributed by atoms with E-state index in [2.05, 4.69) is 0 Å². The van der Waals surface area contributed by atoms with E-state index in [0.717, 1.165) is 36.0 Å². The number of unbranched alkanes of at least 4 members (excludes halogenated alkanes) is 1. The molecule has 1 aromatic carbocycles. The summed E-state index contributed by atoms with van der Waals surface area (Å²) in [4.78, 5) is 12.3. The number of carbonyl (C=O) groups excluding carboxylic acids is 1. The van der Waals surface area contributed by atoms with Crippen LogP contribution in [0.5, 0.6) is 0 Å². The van der Waals surface area contributed by atoms with Gasteiger partial charge in [-0.1, -0.05) is 32.0 Å². The smallest absolute Gasteiger partial charge is 0.165 e. The standard InChI is InChI=1S/C15H24N2O/c1-11(2)15(18)14-12(6-3-4-9-16)7-5-8-13(14)10-17/h5,7-8,11H,3-4,6,9-10,16-17H2,1-2H3. The van der Waals surface area contributed by atoms with E-state index in [9.17, 15) is 4.79 Å². The van der Waals surface area contributed by atoms with E-state index in [4.69, 9.17) is 11.5 Å². The highest BCUT2D eigenvalue weighted by atomic mass is 16.1. The Morgan fingerprint density at radius 1 is 1.17 bits per heavy atom. The Hall–Kier alpha value is -1.19. The van der Waals surface area contributed by atoms with Crippen LogP contribution in [0.3, 0.4) is 0 Å². The summed E-state index contributed by atoms with van der Waals surface area (Å²) >= 11 is 0. The van der Waals surface area contributed by atoms with Crippen LogP contribution in [0.2, 0.25) is 0 Å². The van der Waals surface area contributed by atoms with E-state index < -0.39 is 0 Å². The van der Waals surface area contributed by atoms with Gasteiger partial charge in [-0.3, -0.25) is 4.79 Å². The zero-order valence-electron chi connectivity index (χ0n) is 11.4. The first kappa shape index (κ1) is 14.9. The first-order chi connectivity index (χ1) is 8.61. The van der Waals surface area contributed by atoms with E-state index in [1.165, 1.54) is 0 Å². The number of carbonyl (C=O) groups is 1. The zero-order valence-corrected chi connectivity index (χ0v) is 11.4. The van der Waals surface area contributed by atoms with Gasteiger partial charge in [-0.2, -0.15) is 0 Å². The average Bonchev–Trinajstić information content (AvgIpc) is 2.37. The molecule has 0 heterocycles. The maximum atomic E-state index is 12.3. The predicted molar refractivity (Wildman–Crippen MR) is 75.5 cm³/mol. The van der Waals surface area contributed by atoms with E-state index in [0.29, 0.717) is 13.1 Å². The van der Waals surface area contributed by atoms with Gasteiger partial charge in [0.25, 0.3) is 0 Å². The molecule has 0 amide bonds. The number of hydrogen-bond donors (Lipinski definition) is 2. The summed E-state index contributed by atoms with van der Waals surface area (Å²) in [6, 6.07) is 5.96. The first-order valence-corrected chi connectivity index (χ1v) is 6.67. The molecule has 0 radical (unpaired) electrons. The van der Waals surface area contributed by atoms with Crippen LogP contribution >= 0.6 is 0 Å². The molecule has 0 spiro atoms. The Morgan fingerprint density at radius 2 is 1.83 bits per heavy atom. The fraction of sp³-hybridized carbons (Fsp3) is 0.533. The van der Waals surface area contributed by atoms with Crippen molar-refractivity contribution in [2.24, 2.45) is 17.4 Å². The highest BCUT2D eigenvalue weighted by Crippen LogP contribution is 2.20. The van der Waals surface area contributed by atoms with Crippen LogP contribution < -0.4 is 11.5 Å². The zero-order chi connectivity index (χ0) is 13.5. The van der Waals surface area contributed by atoms with Gasteiger partial charge in [0, 0.05) is 18.0 Å². The van der Waals surface area contributed by atoms with Crippen LogP contribution in [0.4, 0.5) is 0 Å². The molecule has 0 aliphatic heterocycles. The van der Waals surface area contributed by atoms with Crippen molar-refractivity contribution < 1.29 is 4.79 Å². The van der Waals surface area contributed by atoms with Crippen LogP contribution in [0.15, 0.2) is 18.2 Å². The van der Waals surface area contributed by atoms with Crippen LogP contribution in [-0.2, 0) is 13.0 Å². The van der Waals surface area contributed by atoms with E-state index in [1.807, 2.05) is 32.0 Å². The number of aryl methyl sites for hydroxylation is 1. The fourth-order valence-electron chi connectivity index (χ4n) is 2.10. The van der Waals surface area contributed by atoms with Gasteiger partial charge >= 0.3 is 0 Å². The number of hydrogen-bond acceptors (Lipinski definition) is 3. The van der Waals surface area contributed by atoms with Crippen molar-refractivity contribution in [3.8, 4) is 0 Å². The lowest BCUT2D eigenvalue weighted by Crippen LogP contribution is -2.15. The van der Waals surface area contributed by atoms with E-state index >= 15 is 0 Å². The normalized spacial score (nSPS) is 10.9. The summed E-state index contributed by atoms with van der Waals surface area (Å²) in [5.41, 5.74) is 14.2. The molecule has 0 saturated carbocycles. The summed E-state index contributed by atoms with van der Waals surface area (Å²) in [5, 5.41) is 0. The molecule has 3 nitrogen and oxygen atoms in total. The third-order valence-electron chi connectivity index (χ3n) is 3.13. The average molecular weight is 248 g/mol. The largest absolute Gasteiger partial charge is 0.330 e. The maximum absolute atomic E-state index is 12.3. The SMILES string of the molecule is CC(C)C(=O)c1c(CN)cccc1CCCCN. The molecule has 4 N–H and O–H groups in total. The second-order valence-corrected chi connectivity index (χ2v) is 4.92. The molecule has 18 heavy (non-hydrogen) atoms. The topological polar surface area (TPSA) is 69.1 Å². The van der Waals surface area contributed by atoms with Crippen LogP contribution in [0, 0.1) is 5.92 Å². The maximum Gasteiger partial charge on any atom is 0.165 e. The molecule has 1 rings (SSSR count). The van der Waals surface area contributed by atoms with Gasteiger partial charge in [-0.15, -0.1) is 0 Å². The molecule has 0 aliphatic rings. The summed E-state index contributed by atoms with van der Waals surface area (Å²) in [6.07, 6.45) is 2.91. The Balaban J connectivity index is 3.04. The molecule has 0 aromatic heterocycles. The van der Waals surface area contributed by atoms with Crippen LogP contribution in [0.1, 0.15) is 48.2 Å². The summed E-state index contributed by atoms with van der Waals surface area (Å²) in [6.45, 7) is 4.97. The molecule has 0 saturated heterocycles. The quantitative estimate of drug-likeness (QED) is 0.574. The van der Waals surface area contributed by atoms with Crippen molar-refractivity contribution in [3.63, 3.8) is 0 Å².